The topological polar surface area (TPSA) is 18.5 Å². The predicted molar refractivity (Wildman–Crippen MR) is 91.7 cm³/mol. The number of rotatable bonds is 4. The first-order chi connectivity index (χ1) is 10.3. The number of hydrogen-bond acceptors (Lipinski definition) is 4. The largest absolute Gasteiger partial charge is 0.497 e. The smallest absolute Gasteiger partial charge is 0.118 e. The first-order valence-electron chi connectivity index (χ1n) is 6.85. The fourth-order valence-corrected chi connectivity index (χ4v) is 5.82. The highest BCUT2D eigenvalue weighted by Gasteiger charge is 2.39. The molecule has 1 aliphatic rings. The second kappa shape index (κ2) is 6.24. The Balaban J connectivity index is 2.01. The number of methoxy groups -OCH3 is 2. The first kappa shape index (κ1) is 14.7. The maximum Gasteiger partial charge on any atom is 0.118 e. The molecule has 0 aromatic heterocycles. The molecule has 0 aliphatic carbocycles. The van der Waals surface area contributed by atoms with Gasteiger partial charge in [-0.1, -0.05) is 24.3 Å². The average molecular weight is 318 g/mol. The Labute approximate surface area is 134 Å². The van der Waals surface area contributed by atoms with Gasteiger partial charge < -0.3 is 9.47 Å². The van der Waals surface area contributed by atoms with Crippen molar-refractivity contribution in [1.29, 1.82) is 0 Å². The zero-order valence-corrected chi connectivity index (χ0v) is 13.8. The number of thioether (sulfide) groups is 2. The highest BCUT2D eigenvalue weighted by Crippen LogP contribution is 2.56. The summed E-state index contributed by atoms with van der Waals surface area (Å²) in [6, 6.07) is 16.9. The SMILES string of the molecule is COc1ccc(C2(c3ccc(OC)cc3)SCCS2)cc1. The van der Waals surface area contributed by atoms with Crippen LogP contribution in [0.2, 0.25) is 0 Å². The summed E-state index contributed by atoms with van der Waals surface area (Å²) >= 11 is 4.01. The van der Waals surface area contributed by atoms with Crippen LogP contribution in [0, 0.1) is 0 Å². The Morgan fingerprint density at radius 1 is 0.714 bits per heavy atom. The summed E-state index contributed by atoms with van der Waals surface area (Å²) in [7, 11) is 3.40. The van der Waals surface area contributed by atoms with Gasteiger partial charge in [-0.15, -0.1) is 23.5 Å². The van der Waals surface area contributed by atoms with E-state index >= 15 is 0 Å². The van der Waals surface area contributed by atoms with Gasteiger partial charge in [0.2, 0.25) is 0 Å². The lowest BCUT2D eigenvalue weighted by Crippen LogP contribution is -2.16. The molecule has 2 nitrogen and oxygen atoms in total. The molecular formula is C17H18O2S2. The normalized spacial score (nSPS) is 16.7. The van der Waals surface area contributed by atoms with Crippen LogP contribution < -0.4 is 9.47 Å². The van der Waals surface area contributed by atoms with Crippen molar-refractivity contribution in [1.82, 2.24) is 0 Å². The molecule has 2 aromatic rings. The van der Waals surface area contributed by atoms with Crippen molar-refractivity contribution in [2.24, 2.45) is 0 Å². The van der Waals surface area contributed by atoms with Crippen LogP contribution >= 0.6 is 23.5 Å². The molecule has 0 saturated carbocycles. The van der Waals surface area contributed by atoms with Gasteiger partial charge in [0.25, 0.3) is 0 Å². The van der Waals surface area contributed by atoms with Crippen molar-refractivity contribution in [3.05, 3.63) is 59.7 Å². The Morgan fingerprint density at radius 3 is 1.43 bits per heavy atom. The molecule has 3 rings (SSSR count). The maximum atomic E-state index is 5.27. The Hall–Kier alpha value is -1.26. The van der Waals surface area contributed by atoms with E-state index in [4.69, 9.17) is 9.47 Å². The molecule has 110 valence electrons. The Morgan fingerprint density at radius 2 is 1.10 bits per heavy atom. The second-order valence-corrected chi connectivity index (χ2v) is 7.65. The van der Waals surface area contributed by atoms with Crippen LogP contribution in [0.15, 0.2) is 48.5 Å². The minimum Gasteiger partial charge on any atom is -0.497 e. The maximum absolute atomic E-state index is 5.27. The van der Waals surface area contributed by atoms with Crippen LogP contribution in [0.5, 0.6) is 11.5 Å². The van der Waals surface area contributed by atoms with Gasteiger partial charge >= 0.3 is 0 Å². The molecule has 0 N–H and O–H groups in total. The third-order valence-electron chi connectivity index (χ3n) is 3.63. The van der Waals surface area contributed by atoms with Gasteiger partial charge in [0.15, 0.2) is 0 Å². The van der Waals surface area contributed by atoms with Gasteiger partial charge in [-0.2, -0.15) is 0 Å². The third-order valence-corrected chi connectivity index (χ3v) is 7.17. The zero-order valence-electron chi connectivity index (χ0n) is 12.2. The van der Waals surface area contributed by atoms with E-state index < -0.39 is 0 Å². The molecule has 4 heteroatoms. The summed E-state index contributed by atoms with van der Waals surface area (Å²) in [6.07, 6.45) is 0. The highest BCUT2D eigenvalue weighted by atomic mass is 32.2. The van der Waals surface area contributed by atoms with Crippen molar-refractivity contribution in [2.45, 2.75) is 4.08 Å². The molecule has 0 bridgehead atoms. The summed E-state index contributed by atoms with van der Waals surface area (Å²) in [4.78, 5) is 0. The first-order valence-corrected chi connectivity index (χ1v) is 8.82. The molecule has 2 aromatic carbocycles. The van der Waals surface area contributed by atoms with Gasteiger partial charge in [0, 0.05) is 11.5 Å². The Kier molecular flexibility index (Phi) is 4.36. The van der Waals surface area contributed by atoms with Crippen LogP contribution in [0.1, 0.15) is 11.1 Å². The minimum absolute atomic E-state index is 0.0153. The molecule has 0 unspecified atom stereocenters. The second-order valence-electron chi connectivity index (χ2n) is 4.77. The lowest BCUT2D eigenvalue weighted by molar-refractivity contribution is 0.414. The van der Waals surface area contributed by atoms with E-state index in [1.807, 2.05) is 47.8 Å². The van der Waals surface area contributed by atoms with Gasteiger partial charge in [-0.25, -0.2) is 0 Å². The van der Waals surface area contributed by atoms with Crippen LogP contribution in [0.25, 0.3) is 0 Å². The summed E-state index contributed by atoms with van der Waals surface area (Å²) in [5, 5.41) is 0. The lowest BCUT2D eigenvalue weighted by atomic mass is 10.0. The molecular weight excluding hydrogens is 300 g/mol. The van der Waals surface area contributed by atoms with E-state index in [0.717, 1.165) is 11.5 Å². The number of ether oxygens (including phenoxy) is 2. The van der Waals surface area contributed by atoms with E-state index in [1.54, 1.807) is 14.2 Å². The van der Waals surface area contributed by atoms with Crippen molar-refractivity contribution in [3.63, 3.8) is 0 Å². The van der Waals surface area contributed by atoms with E-state index in [9.17, 15) is 0 Å². The highest BCUT2D eigenvalue weighted by molar-refractivity contribution is 8.20. The van der Waals surface area contributed by atoms with Crippen LogP contribution in [0.3, 0.4) is 0 Å². The fraction of sp³-hybridized carbons (Fsp3) is 0.294. The molecule has 0 amide bonds. The third kappa shape index (κ3) is 2.74. The molecule has 1 fully saturated rings. The summed E-state index contributed by atoms with van der Waals surface area (Å²) in [5.74, 6) is 4.14. The van der Waals surface area contributed by atoms with Crippen molar-refractivity contribution in [2.75, 3.05) is 25.7 Å². The monoisotopic (exact) mass is 318 g/mol. The molecule has 21 heavy (non-hydrogen) atoms. The molecule has 1 heterocycles. The fourth-order valence-electron chi connectivity index (χ4n) is 2.53. The summed E-state index contributed by atoms with van der Waals surface area (Å²) in [5.41, 5.74) is 2.64. The number of benzene rings is 2. The zero-order chi connectivity index (χ0) is 14.7. The summed E-state index contributed by atoms with van der Waals surface area (Å²) in [6.45, 7) is 0. The quantitative estimate of drug-likeness (QED) is 0.832. The van der Waals surface area contributed by atoms with E-state index in [-0.39, 0.29) is 4.08 Å². The van der Waals surface area contributed by atoms with Crippen molar-refractivity contribution >= 4 is 23.5 Å². The van der Waals surface area contributed by atoms with Crippen LogP contribution in [0.4, 0.5) is 0 Å². The molecule has 0 radical (unpaired) electrons. The van der Waals surface area contributed by atoms with Gasteiger partial charge in [0.1, 0.15) is 15.6 Å². The molecule has 0 spiro atoms. The van der Waals surface area contributed by atoms with Crippen LogP contribution in [-0.4, -0.2) is 25.7 Å². The summed E-state index contributed by atoms with van der Waals surface area (Å²) < 4.78 is 10.5. The van der Waals surface area contributed by atoms with Crippen molar-refractivity contribution < 1.29 is 9.47 Å². The number of hydrogen-bond donors (Lipinski definition) is 0. The van der Waals surface area contributed by atoms with E-state index in [2.05, 4.69) is 24.3 Å². The minimum atomic E-state index is -0.0153. The van der Waals surface area contributed by atoms with Gasteiger partial charge in [-0.05, 0) is 35.4 Å². The van der Waals surface area contributed by atoms with Crippen molar-refractivity contribution in [3.8, 4) is 11.5 Å². The molecule has 0 atom stereocenters. The van der Waals surface area contributed by atoms with Gasteiger partial charge in [-0.3, -0.25) is 0 Å². The van der Waals surface area contributed by atoms with E-state index in [0.29, 0.717) is 0 Å². The van der Waals surface area contributed by atoms with Crippen LogP contribution in [-0.2, 0) is 4.08 Å². The molecule has 1 aliphatic heterocycles. The lowest BCUT2D eigenvalue weighted by Gasteiger charge is -2.28. The predicted octanol–water partition coefficient (Wildman–Crippen LogP) is 4.38. The van der Waals surface area contributed by atoms with Gasteiger partial charge in [0.05, 0.1) is 14.2 Å². The van der Waals surface area contributed by atoms with E-state index in [1.165, 1.54) is 22.6 Å². The average Bonchev–Trinajstić information content (AvgIpc) is 3.06. The molecule has 1 saturated heterocycles. The standard InChI is InChI=1S/C17H18O2S2/c1-18-15-7-3-13(4-8-15)17(20-11-12-21-17)14-5-9-16(19-2)10-6-14/h3-10H,11-12H2,1-2H3. The Bertz CT molecular complexity index is 538.